The van der Waals surface area contributed by atoms with E-state index < -0.39 is 0 Å². The summed E-state index contributed by atoms with van der Waals surface area (Å²) >= 11 is 0. The number of nitrogens with one attached hydrogen (secondary N) is 1. The van der Waals surface area contributed by atoms with Crippen molar-refractivity contribution in [2.24, 2.45) is 11.8 Å². The quantitative estimate of drug-likeness (QED) is 0.829. The Labute approximate surface area is 112 Å². The van der Waals surface area contributed by atoms with Gasteiger partial charge in [-0.05, 0) is 56.9 Å². The third-order valence-corrected chi connectivity index (χ3v) is 5.51. The van der Waals surface area contributed by atoms with Gasteiger partial charge in [-0.25, -0.2) is 0 Å². The first kappa shape index (κ1) is 12.9. The lowest BCUT2D eigenvalue weighted by Crippen LogP contribution is -2.46. The van der Waals surface area contributed by atoms with Gasteiger partial charge in [-0.2, -0.15) is 0 Å². The zero-order valence-corrected chi connectivity index (χ0v) is 11.9. The van der Waals surface area contributed by atoms with Gasteiger partial charge in [0.15, 0.2) is 0 Å². The lowest BCUT2D eigenvalue weighted by Gasteiger charge is -2.39. The third kappa shape index (κ3) is 2.91. The van der Waals surface area contributed by atoms with Crippen molar-refractivity contribution in [1.82, 2.24) is 5.32 Å². The van der Waals surface area contributed by atoms with Crippen LogP contribution in [0.3, 0.4) is 0 Å². The number of rotatable bonds is 3. The van der Waals surface area contributed by atoms with Gasteiger partial charge < -0.3 is 10.1 Å². The van der Waals surface area contributed by atoms with E-state index in [0.717, 1.165) is 24.5 Å². The molecule has 0 radical (unpaired) electrons. The number of hydrogen-bond acceptors (Lipinski definition) is 2. The summed E-state index contributed by atoms with van der Waals surface area (Å²) in [6.45, 7) is 4.64. The van der Waals surface area contributed by atoms with E-state index in [1.165, 1.54) is 64.3 Å². The molecule has 1 heterocycles. The van der Waals surface area contributed by atoms with Gasteiger partial charge in [0, 0.05) is 12.6 Å². The van der Waals surface area contributed by atoms with Gasteiger partial charge in [0.25, 0.3) is 0 Å². The van der Waals surface area contributed by atoms with Crippen LogP contribution in [-0.4, -0.2) is 24.8 Å². The standard InChI is InChI=1S/C16H29NO/c1-13-4-5-14(10-13)12-17-15-6-9-18-16(11-15)7-2-3-8-16/h13-15,17H,2-12H2,1H3. The van der Waals surface area contributed by atoms with Crippen molar-refractivity contribution in [3.63, 3.8) is 0 Å². The summed E-state index contributed by atoms with van der Waals surface area (Å²) in [7, 11) is 0. The predicted octanol–water partition coefficient (Wildman–Crippen LogP) is 3.50. The predicted molar refractivity (Wildman–Crippen MR) is 74.7 cm³/mol. The molecule has 3 rings (SSSR count). The minimum Gasteiger partial charge on any atom is -0.375 e. The molecule has 18 heavy (non-hydrogen) atoms. The van der Waals surface area contributed by atoms with E-state index in [2.05, 4.69) is 12.2 Å². The fraction of sp³-hybridized carbons (Fsp3) is 1.00. The normalized spacial score (nSPS) is 39.5. The van der Waals surface area contributed by atoms with E-state index in [1.54, 1.807) is 0 Å². The van der Waals surface area contributed by atoms with Crippen LogP contribution in [-0.2, 0) is 4.74 Å². The second-order valence-corrected chi connectivity index (χ2v) is 7.12. The average Bonchev–Trinajstić information content (AvgIpc) is 2.97. The molecular weight excluding hydrogens is 222 g/mol. The lowest BCUT2D eigenvalue weighted by atomic mass is 9.88. The first-order chi connectivity index (χ1) is 8.76. The SMILES string of the molecule is CC1CCC(CNC2CCOC3(CCCC3)C2)C1. The average molecular weight is 251 g/mol. The van der Waals surface area contributed by atoms with Crippen LogP contribution in [0.25, 0.3) is 0 Å². The summed E-state index contributed by atoms with van der Waals surface area (Å²) in [5.41, 5.74) is 0.277. The van der Waals surface area contributed by atoms with E-state index >= 15 is 0 Å². The van der Waals surface area contributed by atoms with E-state index in [4.69, 9.17) is 4.74 Å². The minimum atomic E-state index is 0.277. The van der Waals surface area contributed by atoms with Gasteiger partial charge >= 0.3 is 0 Å². The highest BCUT2D eigenvalue weighted by molar-refractivity contribution is 4.93. The van der Waals surface area contributed by atoms with Gasteiger partial charge in [0.05, 0.1) is 5.60 Å². The first-order valence-electron chi connectivity index (χ1n) is 8.13. The van der Waals surface area contributed by atoms with Gasteiger partial charge in [0.1, 0.15) is 0 Å². The Morgan fingerprint density at radius 3 is 2.72 bits per heavy atom. The molecule has 1 spiro atoms. The first-order valence-corrected chi connectivity index (χ1v) is 8.13. The Hall–Kier alpha value is -0.0800. The Bertz CT molecular complexity index is 272. The smallest absolute Gasteiger partial charge is 0.0697 e. The highest BCUT2D eigenvalue weighted by Gasteiger charge is 2.39. The van der Waals surface area contributed by atoms with E-state index in [9.17, 15) is 0 Å². The molecule has 2 aliphatic carbocycles. The molecule has 3 unspecified atom stereocenters. The van der Waals surface area contributed by atoms with Crippen molar-refractivity contribution >= 4 is 0 Å². The summed E-state index contributed by atoms with van der Waals surface area (Å²) in [6.07, 6.45) is 12.2. The van der Waals surface area contributed by atoms with Gasteiger partial charge in [-0.15, -0.1) is 0 Å². The molecule has 2 heteroatoms. The molecule has 3 aliphatic rings. The van der Waals surface area contributed by atoms with Crippen LogP contribution in [0.4, 0.5) is 0 Å². The van der Waals surface area contributed by atoms with Gasteiger partial charge in [-0.3, -0.25) is 0 Å². The maximum atomic E-state index is 6.11. The van der Waals surface area contributed by atoms with Gasteiger partial charge in [0.2, 0.25) is 0 Å². The van der Waals surface area contributed by atoms with Crippen LogP contribution >= 0.6 is 0 Å². The molecule has 0 aromatic rings. The van der Waals surface area contributed by atoms with E-state index in [-0.39, 0.29) is 5.60 Å². The minimum absolute atomic E-state index is 0.277. The van der Waals surface area contributed by atoms with Crippen molar-refractivity contribution in [3.8, 4) is 0 Å². The summed E-state index contributed by atoms with van der Waals surface area (Å²) in [6, 6.07) is 0.729. The Morgan fingerprint density at radius 2 is 2.00 bits per heavy atom. The molecule has 3 atom stereocenters. The molecule has 1 saturated heterocycles. The van der Waals surface area contributed by atoms with E-state index in [0.29, 0.717) is 0 Å². The van der Waals surface area contributed by atoms with Crippen molar-refractivity contribution in [2.45, 2.75) is 76.4 Å². The van der Waals surface area contributed by atoms with Crippen LogP contribution in [0, 0.1) is 11.8 Å². The third-order valence-electron chi connectivity index (χ3n) is 5.51. The van der Waals surface area contributed by atoms with E-state index in [1.807, 2.05) is 0 Å². The highest BCUT2D eigenvalue weighted by atomic mass is 16.5. The largest absolute Gasteiger partial charge is 0.375 e. The zero-order valence-electron chi connectivity index (χ0n) is 11.9. The van der Waals surface area contributed by atoms with Crippen LogP contribution in [0.2, 0.25) is 0 Å². The van der Waals surface area contributed by atoms with Crippen molar-refractivity contribution < 1.29 is 4.74 Å². The molecule has 1 N–H and O–H groups in total. The highest BCUT2D eigenvalue weighted by Crippen LogP contribution is 2.40. The number of hydrogen-bond donors (Lipinski definition) is 1. The molecule has 104 valence electrons. The van der Waals surface area contributed by atoms with Crippen molar-refractivity contribution in [2.75, 3.05) is 13.2 Å². The molecule has 0 aromatic heterocycles. The van der Waals surface area contributed by atoms with Crippen molar-refractivity contribution in [3.05, 3.63) is 0 Å². The summed E-state index contributed by atoms with van der Waals surface area (Å²) < 4.78 is 6.11. The summed E-state index contributed by atoms with van der Waals surface area (Å²) in [5.74, 6) is 1.91. The molecule has 2 nitrogen and oxygen atoms in total. The van der Waals surface area contributed by atoms with Crippen LogP contribution < -0.4 is 5.32 Å². The topological polar surface area (TPSA) is 21.3 Å². The Morgan fingerprint density at radius 1 is 1.17 bits per heavy atom. The van der Waals surface area contributed by atoms with Gasteiger partial charge in [-0.1, -0.05) is 26.2 Å². The molecule has 0 amide bonds. The molecule has 0 aromatic carbocycles. The van der Waals surface area contributed by atoms with Crippen LogP contribution in [0.5, 0.6) is 0 Å². The van der Waals surface area contributed by atoms with Crippen molar-refractivity contribution in [1.29, 1.82) is 0 Å². The fourth-order valence-electron chi connectivity index (χ4n) is 4.41. The second kappa shape index (κ2) is 5.50. The Kier molecular flexibility index (Phi) is 3.95. The monoisotopic (exact) mass is 251 g/mol. The maximum Gasteiger partial charge on any atom is 0.0697 e. The molecule has 0 bridgehead atoms. The Balaban J connectivity index is 1.45. The van der Waals surface area contributed by atoms with Crippen LogP contribution in [0.1, 0.15) is 64.7 Å². The summed E-state index contributed by atoms with van der Waals surface area (Å²) in [5, 5.41) is 3.86. The van der Waals surface area contributed by atoms with Crippen LogP contribution in [0.15, 0.2) is 0 Å². The lowest BCUT2D eigenvalue weighted by molar-refractivity contribution is -0.0838. The molecule has 1 aliphatic heterocycles. The fourth-order valence-corrected chi connectivity index (χ4v) is 4.41. The number of ether oxygens (including phenoxy) is 1. The molecule has 2 saturated carbocycles. The second-order valence-electron chi connectivity index (χ2n) is 7.12. The molecular formula is C16H29NO. The summed E-state index contributed by atoms with van der Waals surface area (Å²) in [4.78, 5) is 0. The maximum absolute atomic E-state index is 6.11. The molecule has 3 fully saturated rings. The zero-order chi connectivity index (χ0) is 12.4.